The molecule has 0 spiro atoms. The molecule has 1 aromatic heterocycles. The van der Waals surface area contributed by atoms with Gasteiger partial charge in [0.2, 0.25) is 0 Å². The predicted octanol–water partition coefficient (Wildman–Crippen LogP) is 1.12. The van der Waals surface area contributed by atoms with Gasteiger partial charge in [-0.25, -0.2) is 9.48 Å². The van der Waals surface area contributed by atoms with Gasteiger partial charge in [0.1, 0.15) is 12.9 Å². The van der Waals surface area contributed by atoms with Crippen LogP contribution in [0.4, 0.5) is 0 Å². The number of halogens is 1. The van der Waals surface area contributed by atoms with Gasteiger partial charge in [-0.15, -0.1) is 0 Å². The summed E-state index contributed by atoms with van der Waals surface area (Å²) in [5, 5.41) is 4.38. The lowest BCUT2D eigenvalue weighted by atomic mass is 10.1. The molecule has 1 heterocycles. The first-order valence-electron chi connectivity index (χ1n) is 4.95. The molecule has 0 saturated heterocycles. The van der Waals surface area contributed by atoms with Crippen LogP contribution in [0.25, 0.3) is 0 Å². The Bertz CT molecular complexity index is 598. The van der Waals surface area contributed by atoms with E-state index in [1.165, 1.54) is 10.9 Å². The Morgan fingerprint density at radius 1 is 1.35 bits per heavy atom. The van der Waals surface area contributed by atoms with Gasteiger partial charge in [-0.2, -0.15) is 5.10 Å². The van der Waals surface area contributed by atoms with E-state index in [0.717, 1.165) is 4.68 Å². The van der Waals surface area contributed by atoms with Crippen molar-refractivity contribution in [3.63, 3.8) is 0 Å². The summed E-state index contributed by atoms with van der Waals surface area (Å²) in [5.41, 5.74) is 0.194. The Labute approximate surface area is 102 Å². The third kappa shape index (κ3) is 2.45. The van der Waals surface area contributed by atoms with E-state index in [4.69, 9.17) is 11.6 Å². The molecule has 0 aliphatic heterocycles. The van der Waals surface area contributed by atoms with Crippen LogP contribution in [0.15, 0.2) is 35.4 Å². The molecule has 2 aromatic rings. The molecule has 0 atom stereocenters. The lowest BCUT2D eigenvalue weighted by molar-refractivity contribution is 0.0966. The molecule has 2 rings (SSSR count). The van der Waals surface area contributed by atoms with Crippen molar-refractivity contribution < 1.29 is 4.79 Å². The van der Waals surface area contributed by atoms with Gasteiger partial charge in [0.15, 0.2) is 5.78 Å². The lowest BCUT2D eigenvalue weighted by Crippen LogP contribution is -2.26. The number of carbonyl (C=O) groups excluding carboxylic acids is 1. The zero-order chi connectivity index (χ0) is 12.4. The van der Waals surface area contributed by atoms with Gasteiger partial charge in [-0.1, -0.05) is 11.6 Å². The highest BCUT2D eigenvalue weighted by molar-refractivity contribution is 6.30. The maximum absolute atomic E-state index is 11.8. The van der Waals surface area contributed by atoms with Gasteiger partial charge in [0.25, 0.3) is 0 Å². The molecular weight excluding hydrogens is 242 g/mol. The zero-order valence-corrected chi connectivity index (χ0v) is 9.89. The van der Waals surface area contributed by atoms with Crippen molar-refractivity contribution in [3.05, 3.63) is 51.7 Å². The summed E-state index contributed by atoms with van der Waals surface area (Å²) >= 11 is 5.72. The second-order valence-corrected chi connectivity index (χ2v) is 4.05. The highest BCUT2D eigenvalue weighted by Gasteiger charge is 2.10. The highest BCUT2D eigenvalue weighted by atomic mass is 35.5. The summed E-state index contributed by atoms with van der Waals surface area (Å²) in [6.45, 7) is -0.0681. The molecule has 0 aliphatic carbocycles. The van der Waals surface area contributed by atoms with Crippen molar-refractivity contribution in [2.24, 2.45) is 7.05 Å². The quantitative estimate of drug-likeness (QED) is 0.768. The number of aromatic nitrogens is 3. The van der Waals surface area contributed by atoms with E-state index >= 15 is 0 Å². The molecule has 17 heavy (non-hydrogen) atoms. The number of rotatable bonds is 3. The normalized spacial score (nSPS) is 10.5. The van der Waals surface area contributed by atoms with Crippen LogP contribution < -0.4 is 5.69 Å². The maximum Gasteiger partial charge on any atom is 0.345 e. The first-order valence-corrected chi connectivity index (χ1v) is 5.33. The smallest absolute Gasteiger partial charge is 0.292 e. The van der Waals surface area contributed by atoms with Crippen LogP contribution in [0, 0.1) is 0 Å². The average molecular weight is 252 g/mol. The van der Waals surface area contributed by atoms with E-state index in [1.807, 2.05) is 0 Å². The van der Waals surface area contributed by atoms with Crippen LogP contribution in [0.3, 0.4) is 0 Å². The second-order valence-electron chi connectivity index (χ2n) is 3.61. The highest BCUT2D eigenvalue weighted by Crippen LogP contribution is 2.10. The second kappa shape index (κ2) is 4.55. The molecule has 0 N–H and O–H groups in total. The molecule has 0 radical (unpaired) electrons. The molecular formula is C11H10ClN3O2. The summed E-state index contributed by atoms with van der Waals surface area (Å²) in [4.78, 5) is 23.3. The first-order chi connectivity index (χ1) is 8.08. The van der Waals surface area contributed by atoms with Crippen molar-refractivity contribution in [1.82, 2.24) is 14.3 Å². The Balaban J connectivity index is 2.20. The van der Waals surface area contributed by atoms with E-state index in [0.29, 0.717) is 10.6 Å². The van der Waals surface area contributed by atoms with E-state index in [9.17, 15) is 9.59 Å². The van der Waals surface area contributed by atoms with Gasteiger partial charge in [0, 0.05) is 17.6 Å². The van der Waals surface area contributed by atoms with E-state index < -0.39 is 0 Å². The third-order valence-corrected chi connectivity index (χ3v) is 2.60. The number of carbonyl (C=O) groups is 1. The Kier molecular flexibility index (Phi) is 3.10. The van der Waals surface area contributed by atoms with Crippen LogP contribution in [-0.4, -0.2) is 20.1 Å². The molecule has 0 unspecified atom stereocenters. The molecule has 5 nitrogen and oxygen atoms in total. The molecule has 0 saturated carbocycles. The van der Waals surface area contributed by atoms with Crippen LogP contribution >= 0.6 is 11.6 Å². The minimum Gasteiger partial charge on any atom is -0.292 e. The monoisotopic (exact) mass is 251 g/mol. The topological polar surface area (TPSA) is 56.9 Å². The molecule has 0 fully saturated rings. The molecule has 0 bridgehead atoms. The van der Waals surface area contributed by atoms with Crippen molar-refractivity contribution in [2.75, 3.05) is 0 Å². The number of Topliss-reactive ketones (excluding diaryl/α,β-unsaturated/α-hetero) is 1. The fourth-order valence-corrected chi connectivity index (χ4v) is 1.52. The third-order valence-electron chi connectivity index (χ3n) is 2.35. The minimum atomic E-state index is -0.313. The standard InChI is InChI=1S/C11H10ClN3O2/c1-14-7-13-15(11(14)17)6-10(16)8-2-4-9(12)5-3-8/h2-5,7H,6H2,1H3. The summed E-state index contributed by atoms with van der Waals surface area (Å²) in [6.07, 6.45) is 1.37. The first kappa shape index (κ1) is 11.6. The summed E-state index contributed by atoms with van der Waals surface area (Å²) in [7, 11) is 1.58. The Morgan fingerprint density at radius 3 is 2.53 bits per heavy atom. The largest absolute Gasteiger partial charge is 0.345 e. The van der Waals surface area contributed by atoms with Gasteiger partial charge in [-0.3, -0.25) is 9.36 Å². The van der Waals surface area contributed by atoms with Crippen LogP contribution in [-0.2, 0) is 13.6 Å². The average Bonchev–Trinajstić information content (AvgIpc) is 2.62. The molecule has 88 valence electrons. The number of aryl methyl sites for hydroxylation is 1. The van der Waals surface area contributed by atoms with Crippen molar-refractivity contribution in [3.8, 4) is 0 Å². The summed E-state index contributed by atoms with van der Waals surface area (Å²) in [6, 6.07) is 6.52. The Hall–Kier alpha value is -1.88. The molecule has 0 aliphatic rings. The molecule has 6 heteroatoms. The summed E-state index contributed by atoms with van der Waals surface area (Å²) in [5.74, 6) is -0.178. The van der Waals surface area contributed by atoms with Crippen LogP contribution in [0.5, 0.6) is 0 Å². The number of benzene rings is 1. The SMILES string of the molecule is Cn1cnn(CC(=O)c2ccc(Cl)cc2)c1=O. The van der Waals surface area contributed by atoms with Gasteiger partial charge in [-0.05, 0) is 24.3 Å². The van der Waals surface area contributed by atoms with Gasteiger partial charge in [0.05, 0.1) is 0 Å². The minimum absolute atomic E-state index is 0.0681. The molecule has 0 amide bonds. The predicted molar refractivity (Wildman–Crippen MR) is 63.3 cm³/mol. The van der Waals surface area contributed by atoms with E-state index in [-0.39, 0.29) is 18.0 Å². The zero-order valence-electron chi connectivity index (χ0n) is 9.13. The van der Waals surface area contributed by atoms with Crippen LogP contribution in [0.2, 0.25) is 5.02 Å². The lowest BCUT2D eigenvalue weighted by Gasteiger charge is -2.00. The number of ketones is 1. The fourth-order valence-electron chi connectivity index (χ4n) is 1.39. The van der Waals surface area contributed by atoms with Crippen LogP contribution in [0.1, 0.15) is 10.4 Å². The number of nitrogens with zero attached hydrogens (tertiary/aromatic N) is 3. The van der Waals surface area contributed by atoms with Crippen molar-refractivity contribution in [1.29, 1.82) is 0 Å². The van der Waals surface area contributed by atoms with Crippen molar-refractivity contribution >= 4 is 17.4 Å². The molecule has 1 aromatic carbocycles. The van der Waals surface area contributed by atoms with Crippen molar-refractivity contribution in [2.45, 2.75) is 6.54 Å². The van der Waals surface area contributed by atoms with E-state index in [2.05, 4.69) is 5.10 Å². The van der Waals surface area contributed by atoms with Gasteiger partial charge < -0.3 is 0 Å². The summed E-state index contributed by atoms with van der Waals surface area (Å²) < 4.78 is 2.44. The number of hydrogen-bond acceptors (Lipinski definition) is 3. The fraction of sp³-hybridized carbons (Fsp3) is 0.182. The van der Waals surface area contributed by atoms with Gasteiger partial charge >= 0.3 is 5.69 Å². The van der Waals surface area contributed by atoms with E-state index in [1.54, 1.807) is 31.3 Å². The Morgan fingerprint density at radius 2 is 2.00 bits per heavy atom. The maximum atomic E-state index is 11.8. The number of hydrogen-bond donors (Lipinski definition) is 0.